The molecule has 0 spiro atoms. The van der Waals surface area contributed by atoms with Crippen molar-refractivity contribution in [3.63, 3.8) is 0 Å². The first kappa shape index (κ1) is 36.5. The summed E-state index contributed by atoms with van der Waals surface area (Å²) in [7, 11) is 0. The monoisotopic (exact) mass is 532 g/mol. The van der Waals surface area contributed by atoms with Crippen molar-refractivity contribution in [1.29, 1.82) is 0 Å². The Labute approximate surface area is 237 Å². The van der Waals surface area contributed by atoms with Gasteiger partial charge in [0.2, 0.25) is 0 Å². The van der Waals surface area contributed by atoms with Crippen LogP contribution in [0.25, 0.3) is 0 Å². The second-order valence-electron chi connectivity index (χ2n) is 11.2. The predicted molar refractivity (Wildman–Crippen MR) is 167 cm³/mol. The maximum absolute atomic E-state index is 11.7. The quantitative estimate of drug-likeness (QED) is 0.0571. The largest absolute Gasteiger partial charge is 0.508 e. The highest BCUT2D eigenvalue weighted by Gasteiger charge is 2.03. The molecule has 0 fully saturated rings. The summed E-state index contributed by atoms with van der Waals surface area (Å²) in [6, 6.07) is 0. The Morgan fingerprint density at radius 1 is 0.526 bits per heavy atom. The molecule has 0 aromatic rings. The smallest absolute Gasteiger partial charge is 0.434 e. The summed E-state index contributed by atoms with van der Waals surface area (Å²) in [6.45, 7) is 7.78. The SMILES string of the molecule is CCC=CCC=CCC=CCCCCCCCCOC(=O)OCCCCCCCCCCCCCC(C)C. The molecular formula is C35H64O3. The van der Waals surface area contributed by atoms with Crippen LogP contribution in [0.5, 0.6) is 0 Å². The van der Waals surface area contributed by atoms with E-state index in [0.29, 0.717) is 13.2 Å². The van der Waals surface area contributed by atoms with Crippen LogP contribution in [0.2, 0.25) is 0 Å². The molecule has 0 atom stereocenters. The van der Waals surface area contributed by atoms with Gasteiger partial charge in [0.05, 0.1) is 13.2 Å². The molecule has 0 saturated carbocycles. The predicted octanol–water partition coefficient (Wildman–Crippen LogP) is 12.1. The van der Waals surface area contributed by atoms with E-state index in [0.717, 1.165) is 50.9 Å². The van der Waals surface area contributed by atoms with Gasteiger partial charge in [0, 0.05) is 0 Å². The van der Waals surface area contributed by atoms with Gasteiger partial charge in [-0.05, 0) is 50.9 Å². The van der Waals surface area contributed by atoms with Gasteiger partial charge in [0.25, 0.3) is 0 Å². The third-order valence-electron chi connectivity index (χ3n) is 6.91. The normalized spacial score (nSPS) is 12.0. The van der Waals surface area contributed by atoms with Crippen molar-refractivity contribution in [3.05, 3.63) is 36.5 Å². The second-order valence-corrected chi connectivity index (χ2v) is 11.2. The van der Waals surface area contributed by atoms with Crippen molar-refractivity contribution < 1.29 is 14.3 Å². The van der Waals surface area contributed by atoms with E-state index in [2.05, 4.69) is 57.2 Å². The van der Waals surface area contributed by atoms with Crippen LogP contribution in [-0.4, -0.2) is 19.4 Å². The van der Waals surface area contributed by atoms with Crippen LogP contribution in [0, 0.1) is 5.92 Å². The van der Waals surface area contributed by atoms with Gasteiger partial charge in [-0.25, -0.2) is 4.79 Å². The van der Waals surface area contributed by atoms with Gasteiger partial charge in [0.15, 0.2) is 0 Å². The molecule has 0 saturated heterocycles. The zero-order valence-corrected chi connectivity index (χ0v) is 25.7. The van der Waals surface area contributed by atoms with E-state index >= 15 is 0 Å². The summed E-state index contributed by atoms with van der Waals surface area (Å²) in [4.78, 5) is 11.7. The van der Waals surface area contributed by atoms with Crippen LogP contribution in [0.1, 0.15) is 162 Å². The molecule has 0 amide bonds. The summed E-state index contributed by atoms with van der Waals surface area (Å²) < 4.78 is 10.4. The summed E-state index contributed by atoms with van der Waals surface area (Å²) in [5, 5.41) is 0. The third kappa shape index (κ3) is 32.5. The number of rotatable bonds is 28. The molecule has 3 nitrogen and oxygen atoms in total. The van der Waals surface area contributed by atoms with Crippen molar-refractivity contribution in [1.82, 2.24) is 0 Å². The first-order chi connectivity index (χ1) is 18.7. The Hall–Kier alpha value is -1.51. The third-order valence-corrected chi connectivity index (χ3v) is 6.91. The van der Waals surface area contributed by atoms with E-state index in [1.807, 2.05) is 0 Å². The van der Waals surface area contributed by atoms with Crippen LogP contribution in [-0.2, 0) is 9.47 Å². The Kier molecular flexibility index (Phi) is 30.4. The van der Waals surface area contributed by atoms with Crippen LogP contribution in [0.3, 0.4) is 0 Å². The zero-order valence-electron chi connectivity index (χ0n) is 25.7. The fraction of sp³-hybridized carbons (Fsp3) is 0.800. The van der Waals surface area contributed by atoms with Gasteiger partial charge < -0.3 is 9.47 Å². The van der Waals surface area contributed by atoms with E-state index < -0.39 is 6.16 Å². The second kappa shape index (κ2) is 31.7. The van der Waals surface area contributed by atoms with Crippen molar-refractivity contribution in [2.45, 2.75) is 162 Å². The standard InChI is InChI=1S/C35H64O3/c1-4-5-6-7-8-9-10-11-12-13-14-17-20-23-26-29-32-37-35(36)38-33-30-27-24-21-18-15-16-19-22-25-28-31-34(2)3/h5-6,8-9,11-12,34H,4,7,10,13-33H2,1-3H3. The number of hydrogen-bond donors (Lipinski definition) is 0. The van der Waals surface area contributed by atoms with Crippen molar-refractivity contribution in [2.75, 3.05) is 13.2 Å². The molecule has 0 heterocycles. The molecular weight excluding hydrogens is 468 g/mol. The highest BCUT2D eigenvalue weighted by atomic mass is 16.7. The minimum atomic E-state index is -0.488. The number of carbonyl (C=O) groups is 1. The minimum Gasteiger partial charge on any atom is -0.434 e. The van der Waals surface area contributed by atoms with Crippen LogP contribution >= 0.6 is 0 Å². The van der Waals surface area contributed by atoms with Crippen LogP contribution in [0.15, 0.2) is 36.5 Å². The molecule has 0 aliphatic carbocycles. The summed E-state index contributed by atoms with van der Waals surface area (Å²) >= 11 is 0. The molecule has 0 aliphatic heterocycles. The summed E-state index contributed by atoms with van der Waals surface area (Å²) in [6.07, 6.45) is 40.3. The van der Waals surface area contributed by atoms with Crippen LogP contribution in [0.4, 0.5) is 4.79 Å². The molecule has 0 N–H and O–H groups in total. The maximum Gasteiger partial charge on any atom is 0.508 e. The van der Waals surface area contributed by atoms with Gasteiger partial charge >= 0.3 is 6.16 Å². The Morgan fingerprint density at radius 3 is 1.39 bits per heavy atom. The molecule has 3 heteroatoms. The first-order valence-electron chi connectivity index (χ1n) is 16.4. The van der Waals surface area contributed by atoms with Gasteiger partial charge in [-0.3, -0.25) is 0 Å². The molecule has 0 aromatic carbocycles. The summed E-state index contributed by atoms with van der Waals surface area (Å²) in [5.74, 6) is 0.857. The van der Waals surface area contributed by atoms with Gasteiger partial charge in [0.1, 0.15) is 0 Å². The average molecular weight is 533 g/mol. The topological polar surface area (TPSA) is 35.5 Å². The van der Waals surface area contributed by atoms with Crippen molar-refractivity contribution in [2.24, 2.45) is 5.92 Å². The molecule has 0 bridgehead atoms. The highest BCUT2D eigenvalue weighted by molar-refractivity contribution is 5.59. The van der Waals surface area contributed by atoms with Crippen molar-refractivity contribution in [3.8, 4) is 0 Å². The number of unbranched alkanes of at least 4 members (excludes halogenated alkanes) is 16. The number of hydrogen-bond acceptors (Lipinski definition) is 3. The van der Waals surface area contributed by atoms with Gasteiger partial charge in [-0.15, -0.1) is 0 Å². The Balaban J connectivity index is 3.24. The van der Waals surface area contributed by atoms with E-state index in [1.165, 1.54) is 96.3 Å². The van der Waals surface area contributed by atoms with E-state index in [-0.39, 0.29) is 0 Å². The lowest BCUT2D eigenvalue weighted by Gasteiger charge is -2.07. The van der Waals surface area contributed by atoms with E-state index in [1.54, 1.807) is 0 Å². The minimum absolute atomic E-state index is 0.487. The molecule has 0 unspecified atom stereocenters. The molecule has 0 rings (SSSR count). The van der Waals surface area contributed by atoms with Gasteiger partial charge in [-0.1, -0.05) is 154 Å². The number of ether oxygens (including phenoxy) is 2. The van der Waals surface area contributed by atoms with Gasteiger partial charge in [-0.2, -0.15) is 0 Å². The maximum atomic E-state index is 11.7. The first-order valence-corrected chi connectivity index (χ1v) is 16.4. The highest BCUT2D eigenvalue weighted by Crippen LogP contribution is 2.14. The Morgan fingerprint density at radius 2 is 0.921 bits per heavy atom. The van der Waals surface area contributed by atoms with E-state index in [4.69, 9.17) is 9.47 Å². The molecule has 0 aliphatic rings. The number of carbonyl (C=O) groups excluding carboxylic acids is 1. The molecule has 0 radical (unpaired) electrons. The fourth-order valence-electron chi connectivity index (χ4n) is 4.50. The lowest BCUT2D eigenvalue weighted by atomic mass is 10.0. The Bertz CT molecular complexity index is 562. The van der Waals surface area contributed by atoms with Crippen LogP contribution < -0.4 is 0 Å². The van der Waals surface area contributed by atoms with Crippen molar-refractivity contribution >= 4 is 6.16 Å². The lowest BCUT2D eigenvalue weighted by Crippen LogP contribution is -2.09. The zero-order chi connectivity index (χ0) is 27.8. The average Bonchev–Trinajstić information content (AvgIpc) is 2.90. The lowest BCUT2D eigenvalue weighted by molar-refractivity contribution is 0.0529. The molecule has 38 heavy (non-hydrogen) atoms. The fourth-order valence-corrected chi connectivity index (χ4v) is 4.50. The number of allylic oxidation sites excluding steroid dienone is 6. The van der Waals surface area contributed by atoms with E-state index in [9.17, 15) is 4.79 Å². The molecule has 222 valence electrons. The summed E-state index contributed by atoms with van der Waals surface area (Å²) in [5.41, 5.74) is 0. The molecule has 0 aromatic heterocycles.